The molecule has 4 aliphatic carbocycles. The molecule has 0 aromatic heterocycles. The van der Waals surface area contributed by atoms with E-state index < -0.39 is 0 Å². The van der Waals surface area contributed by atoms with Gasteiger partial charge in [-0.1, -0.05) is 26.8 Å². The van der Waals surface area contributed by atoms with Crippen molar-refractivity contribution in [2.24, 2.45) is 28.6 Å². The first-order chi connectivity index (χ1) is 11.9. The number of fused-ring (bicyclic) bond motifs is 5. The number of ketones is 2. The van der Waals surface area contributed by atoms with Crippen molar-refractivity contribution in [1.29, 1.82) is 0 Å². The van der Waals surface area contributed by atoms with Gasteiger partial charge in [-0.2, -0.15) is 0 Å². The molecule has 4 aliphatic rings. The first-order valence-electron chi connectivity index (χ1n) is 10.0. The van der Waals surface area contributed by atoms with Crippen LogP contribution in [0.2, 0.25) is 0 Å². The van der Waals surface area contributed by atoms with Gasteiger partial charge in [0, 0.05) is 23.9 Å². The van der Waals surface area contributed by atoms with E-state index in [4.69, 9.17) is 4.74 Å². The maximum Gasteiger partial charge on any atom is 0.178 e. The zero-order valence-electron chi connectivity index (χ0n) is 15.7. The number of ether oxygens (including phenoxy) is 1. The summed E-state index contributed by atoms with van der Waals surface area (Å²) >= 11 is 0. The van der Waals surface area contributed by atoms with Crippen molar-refractivity contribution in [2.75, 3.05) is 6.61 Å². The van der Waals surface area contributed by atoms with Crippen LogP contribution in [0.5, 0.6) is 0 Å². The lowest BCUT2D eigenvalue weighted by molar-refractivity contribution is -0.133. The Morgan fingerprint density at radius 2 is 2.00 bits per heavy atom. The summed E-state index contributed by atoms with van der Waals surface area (Å²) in [4.78, 5) is 24.6. The van der Waals surface area contributed by atoms with Crippen LogP contribution in [-0.2, 0) is 14.3 Å². The average molecular weight is 342 g/mol. The van der Waals surface area contributed by atoms with Gasteiger partial charge in [0.05, 0.1) is 6.10 Å². The largest absolute Gasteiger partial charge is 0.374 e. The van der Waals surface area contributed by atoms with Crippen LogP contribution in [0.4, 0.5) is 0 Å². The summed E-state index contributed by atoms with van der Waals surface area (Å²) in [5, 5.41) is 0. The standard InChI is InChI=1S/C22H30O3/c1-4-11-25-19-13-15-16-5-6-20(24)22(16,3)10-8-17(15)21(2)9-7-14(23)12-18(19)21/h7,9,12,15-17,19H,4-6,8,10-11,13H2,1-3H3/t15-,16-,17-,19+,21+,22-/m0/s1. The summed E-state index contributed by atoms with van der Waals surface area (Å²) in [5.41, 5.74) is 0.965. The molecule has 4 rings (SSSR count). The molecule has 0 aromatic rings. The Morgan fingerprint density at radius 3 is 2.76 bits per heavy atom. The Labute approximate surface area is 150 Å². The van der Waals surface area contributed by atoms with Crippen molar-refractivity contribution in [1.82, 2.24) is 0 Å². The Hall–Kier alpha value is -1.22. The Bertz CT molecular complexity index is 660. The predicted molar refractivity (Wildman–Crippen MR) is 97.0 cm³/mol. The fraction of sp³-hybridized carbons (Fsp3) is 0.727. The molecule has 25 heavy (non-hydrogen) atoms. The first kappa shape index (κ1) is 17.2. The van der Waals surface area contributed by atoms with Gasteiger partial charge in [-0.05, 0) is 67.6 Å². The van der Waals surface area contributed by atoms with Crippen LogP contribution < -0.4 is 0 Å². The number of carbonyl (C=O) groups excluding carboxylic acids is 2. The highest BCUT2D eigenvalue weighted by atomic mass is 16.5. The van der Waals surface area contributed by atoms with Gasteiger partial charge in [0.2, 0.25) is 0 Å². The van der Waals surface area contributed by atoms with Crippen LogP contribution in [0.25, 0.3) is 0 Å². The van der Waals surface area contributed by atoms with Crippen molar-refractivity contribution >= 4 is 11.6 Å². The molecule has 3 heteroatoms. The average Bonchev–Trinajstić information content (AvgIpc) is 2.89. The number of hydrogen-bond donors (Lipinski definition) is 0. The van der Waals surface area contributed by atoms with Gasteiger partial charge >= 0.3 is 0 Å². The Morgan fingerprint density at radius 1 is 1.20 bits per heavy atom. The second kappa shape index (κ2) is 5.90. The molecular formula is C22H30O3. The third-order valence-corrected chi connectivity index (χ3v) is 7.79. The molecule has 0 aliphatic heterocycles. The Kier molecular flexibility index (Phi) is 4.06. The highest BCUT2D eigenvalue weighted by molar-refractivity contribution is 6.01. The number of allylic oxidation sites excluding steroid dienone is 3. The SMILES string of the molecule is CCCO[C@@H]1C[C@@H]2[C@H](CC[C@]3(C)C(=O)CC[C@@H]23)[C@@]2(C)C=CC(=O)C=C12. The fourth-order valence-electron chi connectivity index (χ4n) is 6.41. The molecule has 0 saturated heterocycles. The Balaban J connectivity index is 1.73. The topological polar surface area (TPSA) is 43.4 Å². The van der Waals surface area contributed by atoms with Crippen molar-refractivity contribution in [2.45, 2.75) is 65.4 Å². The number of carbonyl (C=O) groups is 2. The molecule has 3 saturated carbocycles. The maximum absolute atomic E-state index is 12.6. The highest BCUT2D eigenvalue weighted by Gasteiger charge is 2.60. The van der Waals surface area contributed by atoms with Gasteiger partial charge in [0.1, 0.15) is 5.78 Å². The van der Waals surface area contributed by atoms with Crippen molar-refractivity contribution in [3.05, 3.63) is 23.8 Å². The summed E-state index contributed by atoms with van der Waals surface area (Å²) in [6, 6.07) is 0. The zero-order chi connectivity index (χ0) is 17.8. The minimum atomic E-state index is -0.123. The highest BCUT2D eigenvalue weighted by Crippen LogP contribution is 2.63. The lowest BCUT2D eigenvalue weighted by Crippen LogP contribution is -2.53. The summed E-state index contributed by atoms with van der Waals surface area (Å²) in [6.07, 6.45) is 11.6. The smallest absolute Gasteiger partial charge is 0.178 e. The van der Waals surface area contributed by atoms with Crippen molar-refractivity contribution in [3.63, 3.8) is 0 Å². The lowest BCUT2D eigenvalue weighted by atomic mass is 9.48. The maximum atomic E-state index is 12.6. The monoisotopic (exact) mass is 342 g/mol. The van der Waals surface area contributed by atoms with E-state index in [2.05, 4.69) is 26.8 Å². The minimum absolute atomic E-state index is 0.0261. The van der Waals surface area contributed by atoms with Gasteiger partial charge < -0.3 is 4.74 Å². The summed E-state index contributed by atoms with van der Waals surface area (Å²) < 4.78 is 6.23. The lowest BCUT2D eigenvalue weighted by Gasteiger charge is -2.57. The molecule has 0 N–H and O–H groups in total. The van der Waals surface area contributed by atoms with E-state index in [-0.39, 0.29) is 22.7 Å². The van der Waals surface area contributed by atoms with Gasteiger partial charge in [-0.15, -0.1) is 0 Å². The summed E-state index contributed by atoms with van der Waals surface area (Å²) in [6.45, 7) is 7.35. The van der Waals surface area contributed by atoms with Gasteiger partial charge in [0.25, 0.3) is 0 Å². The van der Waals surface area contributed by atoms with E-state index in [0.29, 0.717) is 23.5 Å². The molecule has 0 amide bonds. The van der Waals surface area contributed by atoms with Crippen LogP contribution in [0, 0.1) is 28.6 Å². The molecular weight excluding hydrogens is 312 g/mol. The summed E-state index contributed by atoms with van der Waals surface area (Å²) in [7, 11) is 0. The molecule has 0 aromatic carbocycles. The molecule has 3 nitrogen and oxygen atoms in total. The third kappa shape index (κ3) is 2.42. The van der Waals surface area contributed by atoms with Gasteiger partial charge in [-0.25, -0.2) is 0 Å². The predicted octanol–water partition coefficient (Wildman–Crippen LogP) is 4.27. The molecule has 0 radical (unpaired) electrons. The van der Waals surface area contributed by atoms with E-state index in [1.54, 1.807) is 6.08 Å². The van der Waals surface area contributed by atoms with E-state index in [0.717, 1.165) is 45.1 Å². The normalized spacial score (nSPS) is 45.6. The minimum Gasteiger partial charge on any atom is -0.374 e. The number of rotatable bonds is 3. The van der Waals surface area contributed by atoms with E-state index in [1.165, 1.54) is 5.57 Å². The number of Topliss-reactive ketones (excluding diaryl/α,β-unsaturated/α-hetero) is 1. The van der Waals surface area contributed by atoms with Gasteiger partial charge in [0.15, 0.2) is 5.78 Å². The molecule has 0 unspecified atom stereocenters. The van der Waals surface area contributed by atoms with E-state index >= 15 is 0 Å². The molecule has 0 heterocycles. The van der Waals surface area contributed by atoms with Crippen molar-refractivity contribution < 1.29 is 14.3 Å². The second-order valence-corrected chi connectivity index (χ2v) is 9.01. The molecule has 0 spiro atoms. The third-order valence-electron chi connectivity index (χ3n) is 7.79. The fourth-order valence-corrected chi connectivity index (χ4v) is 6.41. The number of hydrogen-bond acceptors (Lipinski definition) is 3. The van der Waals surface area contributed by atoms with E-state index in [9.17, 15) is 9.59 Å². The van der Waals surface area contributed by atoms with Crippen LogP contribution in [0.1, 0.15) is 59.3 Å². The van der Waals surface area contributed by atoms with Crippen molar-refractivity contribution in [3.8, 4) is 0 Å². The second-order valence-electron chi connectivity index (χ2n) is 9.01. The molecule has 0 bridgehead atoms. The zero-order valence-corrected chi connectivity index (χ0v) is 15.7. The van der Waals surface area contributed by atoms with E-state index in [1.807, 2.05) is 6.08 Å². The molecule has 6 atom stereocenters. The van der Waals surface area contributed by atoms with Crippen LogP contribution in [-0.4, -0.2) is 24.3 Å². The first-order valence-corrected chi connectivity index (χ1v) is 10.0. The van der Waals surface area contributed by atoms with Crippen LogP contribution in [0.3, 0.4) is 0 Å². The quantitative estimate of drug-likeness (QED) is 0.769. The van der Waals surface area contributed by atoms with Crippen LogP contribution in [0.15, 0.2) is 23.8 Å². The summed E-state index contributed by atoms with van der Waals surface area (Å²) in [5.74, 6) is 2.09. The van der Waals surface area contributed by atoms with Crippen LogP contribution >= 0.6 is 0 Å². The molecule has 136 valence electrons. The van der Waals surface area contributed by atoms with Gasteiger partial charge in [-0.3, -0.25) is 9.59 Å². The molecule has 3 fully saturated rings.